The Kier molecular flexibility index (Phi) is 10.7. The van der Waals surface area contributed by atoms with E-state index in [9.17, 15) is 0 Å². The Morgan fingerprint density at radius 1 is 0.397 bits per heavy atom. The van der Waals surface area contributed by atoms with E-state index in [0.717, 1.165) is 6.42 Å². The molecule has 4 aliphatic carbocycles. The van der Waals surface area contributed by atoms with Gasteiger partial charge in [0.1, 0.15) is 0 Å². The van der Waals surface area contributed by atoms with Crippen molar-refractivity contribution in [3.63, 3.8) is 0 Å². The molecule has 406 valence electrons. The summed E-state index contributed by atoms with van der Waals surface area (Å²) in [4.78, 5) is 8.39. The van der Waals surface area contributed by atoms with E-state index in [-0.39, 0.29) is 55.6 Å². The fraction of sp³-hybridized carbons (Fsp3) is 0.514. The van der Waals surface area contributed by atoms with Gasteiger partial charge in [0, 0.05) is 50.9 Å². The lowest BCUT2D eigenvalue weighted by atomic mass is 9.33. The summed E-state index contributed by atoms with van der Waals surface area (Å²) in [5.74, 6) is 0. The fourth-order valence-electron chi connectivity index (χ4n) is 17.7. The summed E-state index contributed by atoms with van der Waals surface area (Å²) in [5.41, 5.74) is 31.5. The number of rotatable bonds is 3. The van der Waals surface area contributed by atoms with Gasteiger partial charge in [-0.2, -0.15) is 0 Å². The van der Waals surface area contributed by atoms with Gasteiger partial charge in [0.2, 0.25) is 0 Å². The molecule has 1 fully saturated rings. The van der Waals surface area contributed by atoms with Crippen molar-refractivity contribution in [3.05, 3.63) is 146 Å². The third-order valence-electron chi connectivity index (χ3n) is 22.7. The van der Waals surface area contributed by atoms with Crippen molar-refractivity contribution in [1.82, 2.24) is 0 Å². The summed E-state index contributed by atoms with van der Waals surface area (Å²) in [6.45, 7) is 49.5. The summed E-state index contributed by atoms with van der Waals surface area (Å²) < 4.78 is 0. The topological polar surface area (TPSA) is 9.72 Å². The monoisotopic (exact) mass is 1030 g/mol. The SMILES string of the molecule is Cc1cc2c3c(c1)N(c1cc4c(cc1C)C(C)(C)CCC4(C)C)c1cc4c(cc1B3c1ccc(N3c5ccc(C(C)(C)C)cc5C5(C)CCCCC35C)cc1N2c1cc2c(cc1C)C(C)(C)CCC2(C)C)C(C)(C)CC4(C)C. The molecule has 0 spiro atoms. The van der Waals surface area contributed by atoms with E-state index in [2.05, 4.69) is 238 Å². The molecule has 3 nitrogen and oxygen atoms in total. The molecule has 13 rings (SSSR count). The van der Waals surface area contributed by atoms with Crippen molar-refractivity contribution in [2.24, 2.45) is 0 Å². The van der Waals surface area contributed by atoms with Crippen LogP contribution in [0.25, 0.3) is 0 Å². The van der Waals surface area contributed by atoms with Crippen LogP contribution in [0.2, 0.25) is 0 Å². The van der Waals surface area contributed by atoms with Gasteiger partial charge >= 0.3 is 0 Å². The maximum atomic E-state index is 2.84. The summed E-state index contributed by atoms with van der Waals surface area (Å²) in [6, 6.07) is 36.5. The molecule has 6 aromatic rings. The summed E-state index contributed by atoms with van der Waals surface area (Å²) in [6.07, 6.45) is 10.8. The molecule has 0 saturated heterocycles. The minimum absolute atomic E-state index is 0.0238. The lowest BCUT2D eigenvalue weighted by Gasteiger charge is -2.51. The Morgan fingerprint density at radius 2 is 0.859 bits per heavy atom. The number of hydrogen-bond acceptors (Lipinski definition) is 3. The highest BCUT2D eigenvalue weighted by Crippen LogP contribution is 2.63. The first-order valence-corrected chi connectivity index (χ1v) is 30.6. The maximum absolute atomic E-state index is 2.84. The summed E-state index contributed by atoms with van der Waals surface area (Å²) in [5, 5.41) is 0. The van der Waals surface area contributed by atoms with Crippen LogP contribution in [0.4, 0.5) is 45.5 Å². The molecule has 2 unspecified atom stereocenters. The third kappa shape index (κ3) is 7.07. The highest BCUT2D eigenvalue weighted by molar-refractivity contribution is 7.00. The summed E-state index contributed by atoms with van der Waals surface area (Å²) >= 11 is 0. The van der Waals surface area contributed by atoms with Crippen molar-refractivity contribution in [3.8, 4) is 0 Å². The zero-order valence-electron chi connectivity index (χ0n) is 51.9. The van der Waals surface area contributed by atoms with Gasteiger partial charge in [0.15, 0.2) is 0 Å². The Hall–Kier alpha value is -5.22. The minimum atomic E-state index is -0.0791. The van der Waals surface area contributed by atoms with Crippen LogP contribution in [0.1, 0.15) is 237 Å². The quantitative estimate of drug-likeness (QED) is 0.163. The molecule has 4 heteroatoms. The molecule has 6 aromatic carbocycles. The van der Waals surface area contributed by atoms with Crippen LogP contribution < -0.4 is 31.1 Å². The van der Waals surface area contributed by atoms with E-state index in [1.165, 1.54) is 174 Å². The molecule has 78 heavy (non-hydrogen) atoms. The predicted octanol–water partition coefficient (Wildman–Crippen LogP) is 18.4. The second kappa shape index (κ2) is 16.0. The van der Waals surface area contributed by atoms with E-state index in [0.29, 0.717) is 0 Å². The van der Waals surface area contributed by atoms with E-state index in [1.807, 2.05) is 0 Å². The van der Waals surface area contributed by atoms with Crippen molar-refractivity contribution in [2.45, 2.75) is 245 Å². The molecule has 0 radical (unpaired) electrons. The molecular formula is C74H92BN3. The first-order valence-electron chi connectivity index (χ1n) is 30.6. The maximum Gasteiger partial charge on any atom is 0.252 e. The Bertz CT molecular complexity index is 3590. The van der Waals surface area contributed by atoms with Crippen molar-refractivity contribution in [2.75, 3.05) is 14.7 Å². The van der Waals surface area contributed by atoms with Crippen molar-refractivity contribution < 1.29 is 0 Å². The zero-order valence-corrected chi connectivity index (χ0v) is 51.9. The first kappa shape index (κ1) is 52.2. The molecule has 0 amide bonds. The predicted molar refractivity (Wildman–Crippen MR) is 337 cm³/mol. The van der Waals surface area contributed by atoms with Crippen molar-refractivity contribution >= 4 is 68.6 Å². The van der Waals surface area contributed by atoms with Gasteiger partial charge < -0.3 is 14.7 Å². The minimum Gasteiger partial charge on any atom is -0.334 e. The van der Waals surface area contributed by atoms with Gasteiger partial charge in [0.05, 0.1) is 5.54 Å². The number of aryl methyl sites for hydroxylation is 3. The normalized spacial score (nSPS) is 24.8. The molecule has 2 atom stereocenters. The third-order valence-corrected chi connectivity index (χ3v) is 22.7. The number of nitrogens with zero attached hydrogens (tertiary/aromatic N) is 3. The lowest BCUT2D eigenvalue weighted by Crippen LogP contribution is -2.62. The van der Waals surface area contributed by atoms with Crippen LogP contribution in [0.5, 0.6) is 0 Å². The smallest absolute Gasteiger partial charge is 0.252 e. The highest BCUT2D eigenvalue weighted by atomic mass is 15.3. The Balaban J connectivity index is 1.13. The zero-order chi connectivity index (χ0) is 55.8. The van der Waals surface area contributed by atoms with Gasteiger partial charge in [-0.25, -0.2) is 0 Å². The van der Waals surface area contributed by atoms with Crippen LogP contribution in [-0.2, 0) is 43.3 Å². The van der Waals surface area contributed by atoms with E-state index in [4.69, 9.17) is 0 Å². The Morgan fingerprint density at radius 3 is 1.38 bits per heavy atom. The Labute approximate surface area is 472 Å². The average Bonchev–Trinajstić information content (AvgIpc) is 3.67. The van der Waals surface area contributed by atoms with Crippen LogP contribution >= 0.6 is 0 Å². The lowest BCUT2D eigenvalue weighted by molar-refractivity contribution is 0.195. The molecule has 0 N–H and O–H groups in total. The molecule has 3 aliphatic heterocycles. The summed E-state index contributed by atoms with van der Waals surface area (Å²) in [7, 11) is 0. The van der Waals surface area contributed by atoms with Crippen LogP contribution in [0, 0.1) is 20.8 Å². The van der Waals surface area contributed by atoms with Crippen LogP contribution in [0.3, 0.4) is 0 Å². The molecule has 3 heterocycles. The number of hydrogen-bond donors (Lipinski definition) is 0. The van der Waals surface area contributed by atoms with Crippen LogP contribution in [0.15, 0.2) is 84.9 Å². The number of benzene rings is 6. The molecule has 7 aliphatic rings. The van der Waals surface area contributed by atoms with Gasteiger partial charge in [-0.1, -0.05) is 160 Å². The van der Waals surface area contributed by atoms with E-state index < -0.39 is 0 Å². The van der Waals surface area contributed by atoms with E-state index >= 15 is 0 Å². The van der Waals surface area contributed by atoms with E-state index in [1.54, 1.807) is 0 Å². The number of anilines is 8. The highest BCUT2D eigenvalue weighted by Gasteiger charge is 2.58. The molecule has 0 bridgehead atoms. The standard InChI is InChI=1S/C74H92BN3/c1-44-33-63-65-64(34-44)77(60-41-53-50(36-46(60)3)68(9,10)30-32-70(53,13)14)62-42-54-51(71(15,16)43-72(54,17)18)39-57(62)75(65)56-25-24-48(38-61(56)76(63)59-40-52-49(35-45(59)2)67(7,8)29-31-69(52,11)12)78-58-26-23-47(66(4,5)6)37-55(58)73(19)27-21-22-28-74(73,78)20/h23-26,33-42H,21-22,27-32,43H2,1-20H3. The number of fused-ring (bicyclic) bond motifs is 10. The second-order valence-electron chi connectivity index (χ2n) is 32.0. The van der Waals surface area contributed by atoms with Gasteiger partial charge in [0.25, 0.3) is 6.71 Å². The van der Waals surface area contributed by atoms with Gasteiger partial charge in [-0.05, 0) is 237 Å². The average molecular weight is 1030 g/mol. The molecule has 0 aromatic heterocycles. The largest absolute Gasteiger partial charge is 0.334 e. The fourth-order valence-corrected chi connectivity index (χ4v) is 17.7. The first-order chi connectivity index (χ1) is 36.2. The van der Waals surface area contributed by atoms with Gasteiger partial charge in [-0.15, -0.1) is 0 Å². The molecule has 1 saturated carbocycles. The van der Waals surface area contributed by atoms with Crippen molar-refractivity contribution in [1.29, 1.82) is 0 Å². The second-order valence-corrected chi connectivity index (χ2v) is 32.0. The van der Waals surface area contributed by atoms with Crippen LogP contribution in [-0.4, -0.2) is 12.3 Å². The van der Waals surface area contributed by atoms with Gasteiger partial charge in [-0.3, -0.25) is 0 Å². The molecular weight excluding hydrogens is 942 g/mol.